The second-order valence-corrected chi connectivity index (χ2v) is 7.46. The van der Waals surface area contributed by atoms with E-state index in [1.807, 2.05) is 0 Å². The van der Waals surface area contributed by atoms with Gasteiger partial charge in [-0.1, -0.05) is 0 Å². The van der Waals surface area contributed by atoms with Gasteiger partial charge in [-0.3, -0.25) is 4.79 Å². The number of nitrogens with zero attached hydrogens (tertiary/aromatic N) is 1. The van der Waals surface area contributed by atoms with E-state index in [4.69, 9.17) is 10.7 Å². The fourth-order valence-electron chi connectivity index (χ4n) is 1.18. The molecule has 0 spiro atoms. The van der Waals surface area contributed by atoms with E-state index in [2.05, 4.69) is 0 Å². The predicted molar refractivity (Wildman–Crippen MR) is 64.7 cm³/mol. The number of hydrogen-bond donors (Lipinski definition) is 0. The molecule has 1 heterocycles. The molecule has 0 fully saturated rings. The van der Waals surface area contributed by atoms with Gasteiger partial charge in [-0.15, -0.1) is 11.3 Å². The van der Waals surface area contributed by atoms with Crippen LogP contribution in [0.25, 0.3) is 0 Å². The van der Waals surface area contributed by atoms with Crippen molar-refractivity contribution in [3.05, 3.63) is 17.0 Å². The molecule has 1 aromatic rings. The molecule has 0 aliphatic carbocycles. The van der Waals surface area contributed by atoms with Gasteiger partial charge in [0.25, 0.3) is 15.5 Å². The Balaban J connectivity index is 2.68. The molecule has 1 rings (SSSR count). The largest absolute Gasteiger partial charge is 0.340 e. The summed E-state index contributed by atoms with van der Waals surface area (Å²) in [5.74, 6) is -0.504. The van der Waals surface area contributed by atoms with Gasteiger partial charge in [0.05, 0.1) is 13.0 Å². The summed E-state index contributed by atoms with van der Waals surface area (Å²) in [5.41, 5.74) is 0. The SMILES string of the molecule is CN(CC(F)F)C(=O)Cc1ccc(S(=O)(=O)Cl)s1. The maximum absolute atomic E-state index is 12.1. The van der Waals surface area contributed by atoms with Crippen LogP contribution in [0.3, 0.4) is 0 Å². The molecular formula is C9H10ClF2NO3S2. The van der Waals surface area contributed by atoms with Crippen molar-refractivity contribution in [1.82, 2.24) is 4.90 Å². The molecule has 0 unspecified atom stereocenters. The molecule has 0 aliphatic heterocycles. The molecular weight excluding hydrogens is 308 g/mol. The van der Waals surface area contributed by atoms with Gasteiger partial charge in [-0.25, -0.2) is 17.2 Å². The summed E-state index contributed by atoms with van der Waals surface area (Å²) >= 11 is 0.850. The molecule has 0 aliphatic rings. The van der Waals surface area contributed by atoms with Crippen molar-refractivity contribution in [3.8, 4) is 0 Å². The normalized spacial score (nSPS) is 11.8. The van der Waals surface area contributed by atoms with E-state index in [1.165, 1.54) is 19.2 Å². The Morgan fingerprint density at radius 3 is 2.56 bits per heavy atom. The summed E-state index contributed by atoms with van der Waals surface area (Å²) < 4.78 is 46.0. The number of halogens is 3. The van der Waals surface area contributed by atoms with Crippen LogP contribution in [-0.2, 0) is 20.3 Å². The number of thiophene rings is 1. The number of rotatable bonds is 5. The minimum atomic E-state index is -3.81. The monoisotopic (exact) mass is 317 g/mol. The smallest absolute Gasteiger partial charge is 0.270 e. The zero-order chi connectivity index (χ0) is 13.9. The number of alkyl halides is 2. The lowest BCUT2D eigenvalue weighted by molar-refractivity contribution is -0.130. The Hall–Kier alpha value is -0.730. The first kappa shape index (κ1) is 15.3. The van der Waals surface area contributed by atoms with E-state index in [0.717, 1.165) is 16.2 Å². The summed E-state index contributed by atoms with van der Waals surface area (Å²) in [6, 6.07) is 2.72. The Kier molecular flexibility index (Phi) is 5.06. The van der Waals surface area contributed by atoms with Gasteiger partial charge in [-0.05, 0) is 12.1 Å². The van der Waals surface area contributed by atoms with Gasteiger partial charge < -0.3 is 4.90 Å². The molecule has 9 heteroatoms. The van der Waals surface area contributed by atoms with Crippen LogP contribution in [0.4, 0.5) is 8.78 Å². The maximum Gasteiger partial charge on any atom is 0.270 e. The van der Waals surface area contributed by atoms with Crippen LogP contribution in [0.1, 0.15) is 4.88 Å². The molecule has 18 heavy (non-hydrogen) atoms. The minimum Gasteiger partial charge on any atom is -0.340 e. The standard InChI is InChI=1S/C9H10ClF2NO3S2/c1-13(5-7(11)12)8(14)4-6-2-3-9(17-6)18(10,15)16/h2-3,7H,4-5H2,1H3. The molecule has 4 nitrogen and oxygen atoms in total. The van der Waals surface area contributed by atoms with Crippen LogP contribution in [0.15, 0.2) is 16.3 Å². The van der Waals surface area contributed by atoms with Gasteiger partial charge in [0.15, 0.2) is 0 Å². The van der Waals surface area contributed by atoms with E-state index >= 15 is 0 Å². The Bertz CT molecular complexity index is 530. The summed E-state index contributed by atoms with van der Waals surface area (Å²) in [6.45, 7) is -0.648. The van der Waals surface area contributed by atoms with Gasteiger partial charge in [-0.2, -0.15) is 0 Å². The number of hydrogen-bond acceptors (Lipinski definition) is 4. The molecule has 1 aromatic heterocycles. The molecule has 102 valence electrons. The quantitative estimate of drug-likeness (QED) is 0.780. The third-order valence-corrected chi connectivity index (χ3v) is 5.22. The first-order valence-corrected chi connectivity index (χ1v) is 7.88. The van der Waals surface area contributed by atoms with Crippen molar-refractivity contribution in [2.24, 2.45) is 0 Å². The van der Waals surface area contributed by atoms with Crippen molar-refractivity contribution in [1.29, 1.82) is 0 Å². The van der Waals surface area contributed by atoms with Crippen molar-refractivity contribution < 1.29 is 22.0 Å². The second kappa shape index (κ2) is 5.94. The zero-order valence-corrected chi connectivity index (χ0v) is 11.7. The summed E-state index contributed by atoms with van der Waals surface area (Å²) in [6.07, 6.45) is -2.72. The number of carbonyl (C=O) groups is 1. The van der Waals surface area contributed by atoms with E-state index in [0.29, 0.717) is 4.88 Å². The van der Waals surface area contributed by atoms with Crippen LogP contribution in [0.5, 0.6) is 0 Å². The average molecular weight is 318 g/mol. The number of carbonyl (C=O) groups excluding carboxylic acids is 1. The molecule has 0 saturated carbocycles. The second-order valence-electron chi connectivity index (χ2n) is 3.50. The Morgan fingerprint density at radius 2 is 2.11 bits per heavy atom. The zero-order valence-electron chi connectivity index (χ0n) is 9.27. The lowest BCUT2D eigenvalue weighted by Crippen LogP contribution is -2.32. The minimum absolute atomic E-state index is 0.0662. The fourth-order valence-corrected chi connectivity index (χ4v) is 3.29. The fraction of sp³-hybridized carbons (Fsp3) is 0.444. The van der Waals surface area contributed by atoms with E-state index in [-0.39, 0.29) is 10.6 Å². The van der Waals surface area contributed by atoms with Crippen LogP contribution >= 0.6 is 22.0 Å². The van der Waals surface area contributed by atoms with E-state index < -0.39 is 27.9 Å². The molecule has 0 atom stereocenters. The van der Waals surface area contributed by atoms with Crippen molar-refractivity contribution in [3.63, 3.8) is 0 Å². The first-order valence-electron chi connectivity index (χ1n) is 4.75. The highest BCUT2D eigenvalue weighted by Crippen LogP contribution is 2.25. The highest BCUT2D eigenvalue weighted by atomic mass is 35.7. The van der Waals surface area contributed by atoms with Crippen LogP contribution in [-0.4, -0.2) is 39.2 Å². The van der Waals surface area contributed by atoms with Crippen LogP contribution in [0, 0.1) is 0 Å². The summed E-state index contributed by atoms with van der Waals surface area (Å²) in [7, 11) is 2.58. The summed E-state index contributed by atoms with van der Waals surface area (Å²) in [4.78, 5) is 12.9. The molecule has 0 aromatic carbocycles. The number of amides is 1. The molecule has 0 saturated heterocycles. The molecule has 0 N–H and O–H groups in total. The topological polar surface area (TPSA) is 54.5 Å². The van der Waals surface area contributed by atoms with Gasteiger partial charge in [0.2, 0.25) is 5.91 Å². The van der Waals surface area contributed by atoms with Gasteiger partial charge in [0, 0.05) is 22.6 Å². The number of likely N-dealkylation sites (N-methyl/N-ethyl adjacent to an activating group) is 1. The Labute approximate surface area is 112 Å². The molecule has 1 amide bonds. The van der Waals surface area contributed by atoms with Crippen molar-refractivity contribution >= 4 is 37.0 Å². The molecule has 0 radical (unpaired) electrons. The lowest BCUT2D eigenvalue weighted by Gasteiger charge is -2.15. The van der Waals surface area contributed by atoms with Crippen LogP contribution in [0.2, 0.25) is 0 Å². The third kappa shape index (κ3) is 4.51. The highest BCUT2D eigenvalue weighted by Gasteiger charge is 2.18. The maximum atomic E-state index is 12.1. The highest BCUT2D eigenvalue weighted by molar-refractivity contribution is 8.15. The first-order chi connectivity index (χ1) is 8.20. The average Bonchev–Trinajstić information content (AvgIpc) is 2.64. The Morgan fingerprint density at radius 1 is 1.50 bits per heavy atom. The van der Waals surface area contributed by atoms with Crippen molar-refractivity contribution in [2.75, 3.05) is 13.6 Å². The summed E-state index contributed by atoms with van der Waals surface area (Å²) in [5, 5.41) is 0. The van der Waals surface area contributed by atoms with Crippen LogP contribution < -0.4 is 0 Å². The third-order valence-electron chi connectivity index (χ3n) is 2.04. The van der Waals surface area contributed by atoms with Gasteiger partial charge >= 0.3 is 0 Å². The molecule has 0 bridgehead atoms. The van der Waals surface area contributed by atoms with E-state index in [9.17, 15) is 22.0 Å². The lowest BCUT2D eigenvalue weighted by atomic mass is 10.3. The van der Waals surface area contributed by atoms with E-state index in [1.54, 1.807) is 0 Å². The predicted octanol–water partition coefficient (Wildman–Crippen LogP) is 1.94. The van der Waals surface area contributed by atoms with Crippen molar-refractivity contribution in [2.45, 2.75) is 17.1 Å². The van der Waals surface area contributed by atoms with Gasteiger partial charge in [0.1, 0.15) is 4.21 Å².